The molecule has 1 aromatic carbocycles. The summed E-state index contributed by atoms with van der Waals surface area (Å²) in [6.07, 6.45) is 1.41. The topological polar surface area (TPSA) is 98.0 Å². The van der Waals surface area contributed by atoms with Crippen molar-refractivity contribution in [1.82, 2.24) is 0 Å². The van der Waals surface area contributed by atoms with Gasteiger partial charge in [-0.2, -0.15) is 0 Å². The van der Waals surface area contributed by atoms with Crippen LogP contribution >= 0.6 is 7.82 Å². The molecule has 1 unspecified atom stereocenters. The standard InChI is InChI=1S/C11H14O.H3O4P/c1-4-10-6-5-7-11(8(10)2)9(3)12;1-5(2,3)4/h4-7,9,12H,1H2,2-3H3;(H3,1,2,3,4). The molecule has 0 spiro atoms. The Morgan fingerprint density at radius 3 is 2.18 bits per heavy atom. The van der Waals surface area contributed by atoms with Crippen molar-refractivity contribution in [2.75, 3.05) is 0 Å². The fourth-order valence-corrected chi connectivity index (χ4v) is 1.35. The van der Waals surface area contributed by atoms with Crippen LogP contribution in [0.4, 0.5) is 0 Å². The minimum Gasteiger partial charge on any atom is -0.389 e. The molecule has 0 bridgehead atoms. The van der Waals surface area contributed by atoms with Gasteiger partial charge in [0.15, 0.2) is 0 Å². The summed E-state index contributed by atoms with van der Waals surface area (Å²) in [5.74, 6) is 0. The third kappa shape index (κ3) is 7.05. The molecular weight excluding hydrogens is 243 g/mol. The van der Waals surface area contributed by atoms with Crippen LogP contribution in [0.15, 0.2) is 24.8 Å². The van der Waals surface area contributed by atoms with Crippen LogP contribution < -0.4 is 0 Å². The van der Waals surface area contributed by atoms with Gasteiger partial charge in [0.2, 0.25) is 0 Å². The van der Waals surface area contributed by atoms with Gasteiger partial charge in [-0.15, -0.1) is 0 Å². The first-order chi connectivity index (χ1) is 7.66. The van der Waals surface area contributed by atoms with Crippen LogP contribution in [-0.2, 0) is 4.57 Å². The van der Waals surface area contributed by atoms with Crippen LogP contribution in [-0.4, -0.2) is 19.8 Å². The Morgan fingerprint density at radius 1 is 1.35 bits per heavy atom. The summed E-state index contributed by atoms with van der Waals surface area (Å²) in [5.41, 5.74) is 3.18. The maximum absolute atomic E-state index is 9.39. The molecule has 17 heavy (non-hydrogen) atoms. The van der Waals surface area contributed by atoms with Gasteiger partial charge in [-0.3, -0.25) is 0 Å². The largest absolute Gasteiger partial charge is 0.466 e. The van der Waals surface area contributed by atoms with Crippen LogP contribution in [0.3, 0.4) is 0 Å². The minimum absolute atomic E-state index is 0.398. The van der Waals surface area contributed by atoms with Gasteiger partial charge in [0.25, 0.3) is 0 Å². The van der Waals surface area contributed by atoms with Crippen molar-refractivity contribution in [2.45, 2.75) is 20.0 Å². The second-order valence-corrected chi connectivity index (χ2v) is 4.48. The maximum atomic E-state index is 9.39. The van der Waals surface area contributed by atoms with E-state index in [9.17, 15) is 5.11 Å². The lowest BCUT2D eigenvalue weighted by atomic mass is 9.99. The Labute approximate surface area is 100 Å². The van der Waals surface area contributed by atoms with E-state index in [1.807, 2.05) is 25.1 Å². The Kier molecular flexibility index (Phi) is 6.31. The Hall–Kier alpha value is -0.970. The first-order valence-corrected chi connectivity index (χ1v) is 6.41. The SMILES string of the molecule is C=Cc1cccc(C(C)O)c1C.O=P(O)(O)O. The van der Waals surface area contributed by atoms with Crippen LogP contribution in [0.2, 0.25) is 0 Å². The average molecular weight is 260 g/mol. The van der Waals surface area contributed by atoms with Gasteiger partial charge in [-0.05, 0) is 30.5 Å². The van der Waals surface area contributed by atoms with E-state index in [2.05, 4.69) is 6.58 Å². The van der Waals surface area contributed by atoms with Gasteiger partial charge in [0.05, 0.1) is 6.10 Å². The molecule has 0 heterocycles. The summed E-state index contributed by atoms with van der Waals surface area (Å²) in [5, 5.41) is 9.39. The normalized spacial score (nSPS) is 12.4. The molecule has 0 aliphatic heterocycles. The predicted molar refractivity (Wildman–Crippen MR) is 66.2 cm³/mol. The molecule has 96 valence electrons. The van der Waals surface area contributed by atoms with Crippen LogP contribution in [0.1, 0.15) is 29.7 Å². The van der Waals surface area contributed by atoms with Gasteiger partial charge < -0.3 is 19.8 Å². The number of rotatable bonds is 2. The van der Waals surface area contributed by atoms with Crippen LogP contribution in [0.25, 0.3) is 6.08 Å². The molecule has 1 atom stereocenters. The van der Waals surface area contributed by atoms with Gasteiger partial charge in [0, 0.05) is 0 Å². The van der Waals surface area contributed by atoms with Crippen LogP contribution in [0, 0.1) is 6.92 Å². The zero-order valence-electron chi connectivity index (χ0n) is 9.74. The van der Waals surface area contributed by atoms with E-state index in [0.29, 0.717) is 0 Å². The number of aliphatic hydroxyl groups excluding tert-OH is 1. The summed E-state index contributed by atoms with van der Waals surface area (Å²) >= 11 is 0. The summed E-state index contributed by atoms with van der Waals surface area (Å²) in [6, 6.07) is 5.87. The molecule has 0 radical (unpaired) electrons. The third-order valence-corrected chi connectivity index (χ3v) is 2.09. The molecule has 1 rings (SSSR count). The number of aliphatic hydroxyl groups is 1. The van der Waals surface area contributed by atoms with Crippen molar-refractivity contribution in [2.24, 2.45) is 0 Å². The second-order valence-electron chi connectivity index (χ2n) is 3.45. The Bertz CT molecular complexity index is 414. The van der Waals surface area contributed by atoms with Gasteiger partial charge in [-0.25, -0.2) is 4.57 Å². The van der Waals surface area contributed by atoms with Crippen molar-refractivity contribution in [3.63, 3.8) is 0 Å². The van der Waals surface area contributed by atoms with E-state index in [1.54, 1.807) is 13.0 Å². The average Bonchev–Trinajstić information content (AvgIpc) is 2.15. The fourth-order valence-electron chi connectivity index (χ4n) is 1.35. The van der Waals surface area contributed by atoms with E-state index in [-0.39, 0.29) is 0 Å². The van der Waals surface area contributed by atoms with Crippen LogP contribution in [0.5, 0.6) is 0 Å². The summed E-state index contributed by atoms with van der Waals surface area (Å²) in [6.45, 7) is 7.48. The first kappa shape index (κ1) is 16.0. The molecule has 0 aliphatic rings. The highest BCUT2D eigenvalue weighted by Crippen LogP contribution is 2.25. The quantitative estimate of drug-likeness (QED) is 0.607. The summed E-state index contributed by atoms with van der Waals surface area (Å²) in [7, 11) is -4.64. The Balaban J connectivity index is 0.000000437. The number of hydrogen-bond acceptors (Lipinski definition) is 2. The van der Waals surface area contributed by atoms with E-state index in [0.717, 1.165) is 16.7 Å². The third-order valence-electron chi connectivity index (χ3n) is 2.09. The molecule has 5 nitrogen and oxygen atoms in total. The highest BCUT2D eigenvalue weighted by Gasteiger charge is 2.05. The molecule has 1 aromatic rings. The van der Waals surface area contributed by atoms with E-state index < -0.39 is 13.9 Å². The van der Waals surface area contributed by atoms with Gasteiger partial charge >= 0.3 is 7.82 Å². The molecule has 0 amide bonds. The molecule has 0 aromatic heterocycles. The molecule has 6 heteroatoms. The van der Waals surface area contributed by atoms with Crippen molar-refractivity contribution >= 4 is 13.9 Å². The maximum Gasteiger partial charge on any atom is 0.466 e. The zero-order valence-corrected chi connectivity index (χ0v) is 10.6. The van der Waals surface area contributed by atoms with Crippen molar-refractivity contribution in [3.8, 4) is 0 Å². The molecule has 0 saturated heterocycles. The Morgan fingerprint density at radius 2 is 1.82 bits per heavy atom. The van der Waals surface area contributed by atoms with E-state index >= 15 is 0 Å². The van der Waals surface area contributed by atoms with E-state index in [4.69, 9.17) is 19.2 Å². The smallest absolute Gasteiger partial charge is 0.389 e. The lowest BCUT2D eigenvalue weighted by Crippen LogP contribution is -1.96. The highest BCUT2D eigenvalue weighted by atomic mass is 31.2. The zero-order chi connectivity index (χ0) is 13.6. The highest BCUT2D eigenvalue weighted by molar-refractivity contribution is 7.45. The lowest BCUT2D eigenvalue weighted by molar-refractivity contribution is 0.198. The molecule has 0 fully saturated rings. The predicted octanol–water partition coefficient (Wildman–Crippen LogP) is 1.76. The molecule has 0 saturated carbocycles. The van der Waals surface area contributed by atoms with Gasteiger partial charge in [0.1, 0.15) is 0 Å². The van der Waals surface area contributed by atoms with Crippen molar-refractivity contribution < 1.29 is 24.4 Å². The monoisotopic (exact) mass is 260 g/mol. The minimum atomic E-state index is -4.64. The molecule has 4 N–H and O–H groups in total. The first-order valence-electron chi connectivity index (χ1n) is 4.85. The van der Waals surface area contributed by atoms with Crippen molar-refractivity contribution in [1.29, 1.82) is 0 Å². The lowest BCUT2D eigenvalue weighted by Gasteiger charge is -2.10. The summed E-state index contributed by atoms with van der Waals surface area (Å²) < 4.78 is 8.88. The van der Waals surface area contributed by atoms with E-state index in [1.165, 1.54) is 0 Å². The van der Waals surface area contributed by atoms with Crippen molar-refractivity contribution in [3.05, 3.63) is 41.5 Å². The number of phosphoric acid groups is 1. The summed E-state index contributed by atoms with van der Waals surface area (Å²) in [4.78, 5) is 21.6. The fraction of sp³-hybridized carbons (Fsp3) is 0.273. The molecular formula is C11H17O5P. The number of benzene rings is 1. The second kappa shape index (κ2) is 6.69. The van der Waals surface area contributed by atoms with Gasteiger partial charge in [-0.1, -0.05) is 30.9 Å². The number of hydrogen-bond donors (Lipinski definition) is 4. The molecule has 0 aliphatic carbocycles.